The summed E-state index contributed by atoms with van der Waals surface area (Å²) in [5.41, 5.74) is -3.40. The van der Waals surface area contributed by atoms with Crippen LogP contribution in [0.25, 0.3) is 0 Å². The second-order valence-electron chi connectivity index (χ2n) is 19.5. The normalized spacial score (nSPS) is 34.9. The summed E-state index contributed by atoms with van der Waals surface area (Å²) in [7, 11) is 0. The number of allylic oxidation sites excluding steroid dienone is 4. The summed E-state index contributed by atoms with van der Waals surface area (Å²) in [5, 5.41) is 47.5. The van der Waals surface area contributed by atoms with Crippen LogP contribution in [0.15, 0.2) is 47.9 Å². The van der Waals surface area contributed by atoms with Crippen LogP contribution in [0.2, 0.25) is 0 Å². The van der Waals surface area contributed by atoms with Crippen molar-refractivity contribution < 1.29 is 91.9 Å². The Morgan fingerprint density at radius 1 is 0.957 bits per heavy atom. The number of rotatable bonds is 8. The highest BCUT2D eigenvalue weighted by Crippen LogP contribution is 2.48. The molecule has 1 amide bonds. The molecule has 5 bridgehead atoms. The van der Waals surface area contributed by atoms with E-state index < -0.39 is 148 Å². The third-order valence-electron chi connectivity index (χ3n) is 13.8. The molecule has 0 unspecified atom stereocenters. The SMILES string of the molecule is CC(=O)O[C@@H]1[C@@H](C)[C@@H](O)[C@@H](C)[C@@H](O)[C@@H]([C@@H](C)OC(=O)C(C)(C)CC(=O)O)/C=C/C=C(\C)C(=O)NC2=CC(=O)c3c(c(O)c(C)c4c3C(=O)[C@](C)(O/C=C/[C@@H](O[C@@H]3C[C@@H]5OCO[C@@H]5[C@H](C)O3)[C@H]1C)O4)C2=O. The maximum atomic E-state index is 14.4. The second-order valence-corrected chi connectivity index (χ2v) is 19.5. The maximum Gasteiger partial charge on any atom is 0.312 e. The smallest absolute Gasteiger partial charge is 0.312 e. The molecule has 0 saturated carbocycles. The highest BCUT2D eigenvalue weighted by molar-refractivity contribution is 6.30. The first-order chi connectivity index (χ1) is 32.7. The number of phenols is 1. The molecule has 20 heteroatoms. The predicted octanol–water partition coefficient (Wildman–Crippen LogP) is 4.29. The average Bonchev–Trinajstić information content (AvgIpc) is 3.86. The summed E-state index contributed by atoms with van der Waals surface area (Å²) in [6.45, 7) is 16.1. The Bertz CT molecular complexity index is 2420. The summed E-state index contributed by atoms with van der Waals surface area (Å²) in [5.74, 6) is -13.6. The van der Waals surface area contributed by atoms with Gasteiger partial charge in [-0.2, -0.15) is 0 Å². The molecule has 1 aromatic carbocycles. The highest BCUT2D eigenvalue weighted by Gasteiger charge is 2.52. The first-order valence-electron chi connectivity index (χ1n) is 23.1. The molecule has 382 valence electrons. The highest BCUT2D eigenvalue weighted by atomic mass is 16.7. The van der Waals surface area contributed by atoms with Gasteiger partial charge in [-0.3, -0.25) is 33.6 Å². The quantitative estimate of drug-likeness (QED) is 0.227. The molecule has 0 spiro atoms. The molecule has 5 aliphatic heterocycles. The standard InChI is InChI=1S/C50H63NO19/c1-21-13-12-14-29(26(6)67-48(62)49(9,10)19-34(54)55)40(57)23(3)39(56)24(4)43(68-28(8)52)22(2)32(69-35-18-33-45(27(7)66-35)64-20-63-33)15-16-65-50(11)46(60)38-36-31(53)17-30(51-47(21)61)42(59)37(36)41(58)25(5)44(38)70-50/h12-17,22-24,26-27,29,32-33,35,39-40,43,45,56-58H,18-20H2,1-11H3,(H,51,61)(H,54,55)/b14-12+,16-15+,21-13+/t22-,23-,24+,26-,27+,29-,32-,33+,35-,39+,40-,43+,45-,50-/m1/s1. The Morgan fingerprint density at radius 2 is 1.64 bits per heavy atom. The lowest BCUT2D eigenvalue weighted by atomic mass is 9.77. The molecule has 70 heavy (non-hydrogen) atoms. The summed E-state index contributed by atoms with van der Waals surface area (Å²) < 4.78 is 48.0. The Balaban J connectivity index is 1.45. The van der Waals surface area contributed by atoms with Gasteiger partial charge in [-0.25, -0.2) is 0 Å². The molecule has 2 saturated heterocycles. The summed E-state index contributed by atoms with van der Waals surface area (Å²) in [6.07, 6.45) is -1.45. The number of carboxylic acid groups (broad SMARTS) is 1. The van der Waals surface area contributed by atoms with Gasteiger partial charge < -0.3 is 63.6 Å². The first-order valence-corrected chi connectivity index (χ1v) is 23.1. The number of nitrogens with one attached hydrogen (secondary N) is 1. The van der Waals surface area contributed by atoms with E-state index in [1.165, 1.54) is 79.7 Å². The lowest BCUT2D eigenvalue weighted by Crippen LogP contribution is -2.50. The maximum absolute atomic E-state index is 14.4. The number of ketones is 3. The van der Waals surface area contributed by atoms with E-state index in [-0.39, 0.29) is 47.9 Å². The van der Waals surface area contributed by atoms with Crippen molar-refractivity contribution in [3.05, 3.63) is 70.2 Å². The molecule has 1 aliphatic carbocycles. The molecule has 2 fully saturated rings. The van der Waals surface area contributed by atoms with Gasteiger partial charge >= 0.3 is 23.7 Å². The minimum atomic E-state index is -2.18. The fourth-order valence-corrected chi connectivity index (χ4v) is 9.48. The number of esters is 2. The van der Waals surface area contributed by atoms with Gasteiger partial charge in [0.1, 0.15) is 36.6 Å². The zero-order valence-corrected chi connectivity index (χ0v) is 41.0. The van der Waals surface area contributed by atoms with E-state index in [0.29, 0.717) is 0 Å². The van der Waals surface area contributed by atoms with Gasteiger partial charge in [0.2, 0.25) is 5.78 Å². The van der Waals surface area contributed by atoms with Crippen molar-refractivity contribution in [1.29, 1.82) is 0 Å². The number of hydrogen-bond acceptors (Lipinski definition) is 18. The fourth-order valence-electron chi connectivity index (χ4n) is 9.48. The third-order valence-corrected chi connectivity index (χ3v) is 13.8. The largest absolute Gasteiger partial charge is 0.507 e. The summed E-state index contributed by atoms with van der Waals surface area (Å²) >= 11 is 0. The summed E-state index contributed by atoms with van der Waals surface area (Å²) in [6, 6.07) is 0. The van der Waals surface area contributed by atoms with Crippen molar-refractivity contribution in [2.45, 2.75) is 150 Å². The summed E-state index contributed by atoms with van der Waals surface area (Å²) in [4.78, 5) is 93.6. The Hall–Kier alpha value is -5.77. The number of aromatic hydroxyl groups is 1. The van der Waals surface area contributed by atoms with E-state index in [1.54, 1.807) is 20.8 Å². The Kier molecular flexibility index (Phi) is 16.0. The molecule has 0 radical (unpaired) electrons. The average molecular weight is 982 g/mol. The number of fused-ring (bicyclic) bond motifs is 15. The van der Waals surface area contributed by atoms with Crippen LogP contribution < -0.4 is 10.1 Å². The molecule has 5 N–H and O–H groups in total. The van der Waals surface area contributed by atoms with Crippen LogP contribution in [0.3, 0.4) is 0 Å². The number of phenolic OH excluding ortho intramolecular Hbond substituents is 1. The van der Waals surface area contributed by atoms with Crippen molar-refractivity contribution >= 4 is 41.2 Å². The van der Waals surface area contributed by atoms with Gasteiger partial charge in [0.05, 0.1) is 71.0 Å². The van der Waals surface area contributed by atoms with Crippen molar-refractivity contribution in [3.8, 4) is 11.5 Å². The second kappa shape index (κ2) is 20.9. The van der Waals surface area contributed by atoms with Gasteiger partial charge in [0.25, 0.3) is 11.7 Å². The number of hydrogen-bond donors (Lipinski definition) is 5. The number of ether oxygens (including phenoxy) is 8. The van der Waals surface area contributed by atoms with Crippen molar-refractivity contribution in [2.24, 2.45) is 29.1 Å². The molecule has 5 heterocycles. The van der Waals surface area contributed by atoms with Crippen LogP contribution in [-0.2, 0) is 52.3 Å². The number of Topliss-reactive ketones (excluding diaryl/α,β-unsaturated/α-hetero) is 2. The Morgan fingerprint density at radius 3 is 2.30 bits per heavy atom. The van der Waals surface area contributed by atoms with Crippen molar-refractivity contribution in [2.75, 3.05) is 6.79 Å². The minimum Gasteiger partial charge on any atom is -0.507 e. The van der Waals surface area contributed by atoms with Crippen molar-refractivity contribution in [1.82, 2.24) is 5.32 Å². The molecule has 20 nitrogen and oxygen atoms in total. The predicted molar refractivity (Wildman–Crippen MR) is 243 cm³/mol. The van der Waals surface area contributed by atoms with Gasteiger partial charge in [0, 0.05) is 61.2 Å². The molecule has 0 aromatic heterocycles. The van der Waals surface area contributed by atoms with E-state index in [1.807, 2.05) is 0 Å². The van der Waals surface area contributed by atoms with E-state index in [9.17, 15) is 54.0 Å². The number of aliphatic hydroxyl groups excluding tert-OH is 2. The Labute approximate surface area is 404 Å². The van der Waals surface area contributed by atoms with Crippen LogP contribution in [0.1, 0.15) is 119 Å². The monoisotopic (exact) mass is 981 g/mol. The van der Waals surface area contributed by atoms with Gasteiger partial charge in [-0.1, -0.05) is 39.0 Å². The third kappa shape index (κ3) is 10.8. The number of aliphatic hydroxyl groups is 2. The van der Waals surface area contributed by atoms with E-state index in [4.69, 9.17) is 37.9 Å². The molecule has 7 rings (SSSR count). The van der Waals surface area contributed by atoms with E-state index >= 15 is 0 Å². The molecular weight excluding hydrogens is 919 g/mol. The fraction of sp³-hybridized carbons (Fsp3) is 0.580. The molecule has 6 aliphatic rings. The van der Waals surface area contributed by atoms with E-state index in [0.717, 1.165) is 12.3 Å². The van der Waals surface area contributed by atoms with Crippen LogP contribution in [0.4, 0.5) is 0 Å². The number of aliphatic carboxylic acids is 1. The lowest BCUT2D eigenvalue weighted by molar-refractivity contribution is -0.246. The van der Waals surface area contributed by atoms with Crippen LogP contribution in [0, 0.1) is 36.0 Å². The first kappa shape index (κ1) is 53.6. The zero-order chi connectivity index (χ0) is 51.9. The zero-order valence-electron chi connectivity index (χ0n) is 41.0. The van der Waals surface area contributed by atoms with Gasteiger partial charge in [0.15, 0.2) is 12.1 Å². The topological polar surface area (TPSA) is 286 Å². The van der Waals surface area contributed by atoms with Gasteiger partial charge in [-0.15, -0.1) is 0 Å². The lowest BCUT2D eigenvalue weighted by Gasteiger charge is -2.41. The molecular formula is C50H63NO19. The van der Waals surface area contributed by atoms with Crippen LogP contribution in [0.5, 0.6) is 11.5 Å². The van der Waals surface area contributed by atoms with Crippen LogP contribution >= 0.6 is 0 Å². The van der Waals surface area contributed by atoms with Gasteiger partial charge in [-0.05, 0) is 47.6 Å². The van der Waals surface area contributed by atoms with E-state index in [2.05, 4.69) is 5.32 Å². The number of benzene rings is 1. The number of carboxylic acids is 1. The van der Waals surface area contributed by atoms with Crippen LogP contribution in [-0.4, -0.2) is 129 Å². The molecule has 14 atom stereocenters. The number of carbonyl (C=O) groups excluding carboxylic acids is 6. The number of amides is 1. The van der Waals surface area contributed by atoms with Crippen molar-refractivity contribution in [3.63, 3.8) is 0 Å². The molecule has 1 aromatic rings. The number of carbonyl (C=O) groups is 7. The minimum absolute atomic E-state index is 0.0225.